The smallest absolute Gasteiger partial charge is 0.254 e. The first-order valence-corrected chi connectivity index (χ1v) is 7.32. The molecule has 0 heterocycles. The molecule has 2 amide bonds. The lowest BCUT2D eigenvalue weighted by atomic mass is 10.0. The maximum Gasteiger partial charge on any atom is 0.254 e. The van der Waals surface area contributed by atoms with Crippen molar-refractivity contribution in [2.75, 3.05) is 20.8 Å². The summed E-state index contributed by atoms with van der Waals surface area (Å²) >= 11 is 0. The molecule has 1 aromatic carbocycles. The summed E-state index contributed by atoms with van der Waals surface area (Å²) in [7, 11) is 3.44. The lowest BCUT2D eigenvalue weighted by molar-refractivity contribution is -0.129. The lowest BCUT2D eigenvalue weighted by Crippen LogP contribution is -2.42. The van der Waals surface area contributed by atoms with E-state index in [9.17, 15) is 9.59 Å². The van der Waals surface area contributed by atoms with E-state index in [-0.39, 0.29) is 17.9 Å². The largest absolute Gasteiger partial charge is 0.382 e. The molecule has 2 rings (SSSR count). The van der Waals surface area contributed by atoms with Gasteiger partial charge in [0.2, 0.25) is 5.91 Å². The van der Waals surface area contributed by atoms with Gasteiger partial charge in [-0.3, -0.25) is 14.8 Å². The van der Waals surface area contributed by atoms with Gasteiger partial charge in [0.25, 0.3) is 5.91 Å². The summed E-state index contributed by atoms with van der Waals surface area (Å²) in [6.45, 7) is 0.532. The minimum absolute atomic E-state index is 0.0606. The molecule has 1 aliphatic carbocycles. The third kappa shape index (κ3) is 3.45. The third-order valence-electron chi connectivity index (χ3n) is 4.25. The van der Waals surface area contributed by atoms with Crippen LogP contribution in [-0.4, -0.2) is 48.2 Å². The lowest BCUT2D eigenvalue weighted by Gasteiger charge is -2.28. The van der Waals surface area contributed by atoms with E-state index in [1.807, 2.05) is 18.2 Å². The van der Waals surface area contributed by atoms with E-state index in [1.165, 1.54) is 0 Å². The second-order valence-electron chi connectivity index (χ2n) is 5.71. The van der Waals surface area contributed by atoms with Crippen molar-refractivity contribution in [1.82, 2.24) is 10.4 Å². The number of nitrogens with one attached hydrogen (secondary N) is 1. The monoisotopic (exact) mass is 306 g/mol. The highest BCUT2D eigenvalue weighted by Crippen LogP contribution is 2.41. The van der Waals surface area contributed by atoms with Gasteiger partial charge in [-0.25, -0.2) is 5.48 Å². The molecule has 0 saturated heterocycles. The maximum absolute atomic E-state index is 12.8. The molecule has 1 aromatic rings. The molecule has 1 aliphatic rings. The molecule has 6 nitrogen and oxygen atoms in total. The Kier molecular flexibility index (Phi) is 5.15. The van der Waals surface area contributed by atoms with Crippen LogP contribution >= 0.6 is 0 Å². The van der Waals surface area contributed by atoms with Gasteiger partial charge in [0.1, 0.15) is 0 Å². The molecule has 1 fully saturated rings. The fourth-order valence-corrected chi connectivity index (χ4v) is 2.64. The first-order valence-electron chi connectivity index (χ1n) is 7.32. The van der Waals surface area contributed by atoms with Crippen molar-refractivity contribution in [2.45, 2.75) is 31.2 Å². The Morgan fingerprint density at radius 1 is 1.36 bits per heavy atom. The van der Waals surface area contributed by atoms with Crippen LogP contribution < -0.4 is 5.48 Å². The molecule has 2 N–H and O–H groups in total. The first-order chi connectivity index (χ1) is 10.5. The highest BCUT2D eigenvalue weighted by molar-refractivity contribution is 5.96. The van der Waals surface area contributed by atoms with Crippen molar-refractivity contribution >= 4 is 11.8 Å². The Bertz CT molecular complexity index is 555. The number of hydroxylamine groups is 1. The van der Waals surface area contributed by atoms with Gasteiger partial charge in [-0.05, 0) is 30.9 Å². The summed E-state index contributed by atoms with van der Waals surface area (Å²) in [6.07, 6.45) is 2.42. The SMILES string of the molecule is COCC1(N(C)C(=O)c2ccccc2CCC(=O)NO)CC1. The van der Waals surface area contributed by atoms with Crippen molar-refractivity contribution in [3.05, 3.63) is 35.4 Å². The Morgan fingerprint density at radius 3 is 2.64 bits per heavy atom. The van der Waals surface area contributed by atoms with Gasteiger partial charge < -0.3 is 9.64 Å². The zero-order chi connectivity index (χ0) is 16.2. The summed E-state index contributed by atoms with van der Waals surface area (Å²) in [4.78, 5) is 25.7. The molecular weight excluding hydrogens is 284 g/mol. The fourth-order valence-electron chi connectivity index (χ4n) is 2.64. The molecule has 0 radical (unpaired) electrons. The van der Waals surface area contributed by atoms with E-state index in [4.69, 9.17) is 9.94 Å². The van der Waals surface area contributed by atoms with Crippen LogP contribution in [-0.2, 0) is 16.0 Å². The minimum Gasteiger partial charge on any atom is -0.382 e. The van der Waals surface area contributed by atoms with E-state index in [2.05, 4.69) is 0 Å². The van der Waals surface area contributed by atoms with E-state index in [0.29, 0.717) is 18.6 Å². The number of benzene rings is 1. The number of hydrogen-bond donors (Lipinski definition) is 2. The normalized spacial score (nSPS) is 15.2. The molecular formula is C16H22N2O4. The number of hydrogen-bond acceptors (Lipinski definition) is 4. The van der Waals surface area contributed by atoms with Crippen LogP contribution in [0.3, 0.4) is 0 Å². The molecule has 120 valence electrons. The number of likely N-dealkylation sites (N-methyl/N-ethyl adjacent to an activating group) is 1. The predicted octanol–water partition coefficient (Wildman–Crippen LogP) is 1.38. The average molecular weight is 306 g/mol. The van der Waals surface area contributed by atoms with Crippen LogP contribution in [0.25, 0.3) is 0 Å². The van der Waals surface area contributed by atoms with Crippen molar-refractivity contribution in [2.24, 2.45) is 0 Å². The van der Waals surface area contributed by atoms with Crippen molar-refractivity contribution in [1.29, 1.82) is 0 Å². The zero-order valence-corrected chi connectivity index (χ0v) is 13.0. The second-order valence-corrected chi connectivity index (χ2v) is 5.71. The Labute approximate surface area is 130 Å². The molecule has 1 saturated carbocycles. The van der Waals surface area contributed by atoms with Crippen LogP contribution in [0.2, 0.25) is 0 Å². The predicted molar refractivity (Wildman–Crippen MR) is 80.6 cm³/mol. The molecule has 6 heteroatoms. The van der Waals surface area contributed by atoms with E-state index >= 15 is 0 Å². The molecule has 0 aromatic heterocycles. The van der Waals surface area contributed by atoms with Gasteiger partial charge >= 0.3 is 0 Å². The molecule has 0 atom stereocenters. The average Bonchev–Trinajstić information content (AvgIpc) is 3.32. The van der Waals surface area contributed by atoms with Gasteiger partial charge in [-0.15, -0.1) is 0 Å². The van der Waals surface area contributed by atoms with E-state index in [1.54, 1.807) is 30.6 Å². The van der Waals surface area contributed by atoms with Gasteiger partial charge in [0, 0.05) is 26.1 Å². The molecule has 0 unspecified atom stereocenters. The Hall–Kier alpha value is -1.92. The molecule has 0 spiro atoms. The number of methoxy groups -OCH3 is 1. The number of rotatable bonds is 7. The Balaban J connectivity index is 2.14. The Morgan fingerprint density at radius 2 is 2.05 bits per heavy atom. The van der Waals surface area contributed by atoms with Crippen molar-refractivity contribution in [3.63, 3.8) is 0 Å². The van der Waals surface area contributed by atoms with Crippen LogP contribution in [0.4, 0.5) is 0 Å². The highest BCUT2D eigenvalue weighted by atomic mass is 16.5. The summed E-state index contributed by atoms with van der Waals surface area (Å²) in [5.41, 5.74) is 2.81. The number of aryl methyl sites for hydroxylation is 1. The number of carbonyl (C=O) groups is 2. The topological polar surface area (TPSA) is 78.9 Å². The minimum atomic E-state index is -0.464. The number of carbonyl (C=O) groups excluding carboxylic acids is 2. The summed E-state index contributed by atoms with van der Waals surface area (Å²) in [6, 6.07) is 7.26. The molecule has 0 aliphatic heterocycles. The van der Waals surface area contributed by atoms with Crippen LogP contribution in [0.5, 0.6) is 0 Å². The van der Waals surface area contributed by atoms with Gasteiger partial charge in [-0.2, -0.15) is 0 Å². The zero-order valence-electron chi connectivity index (χ0n) is 13.0. The van der Waals surface area contributed by atoms with Gasteiger partial charge in [-0.1, -0.05) is 18.2 Å². The van der Waals surface area contributed by atoms with Crippen LogP contribution in [0.1, 0.15) is 35.2 Å². The second kappa shape index (κ2) is 6.89. The quantitative estimate of drug-likeness (QED) is 0.589. The van der Waals surface area contributed by atoms with Gasteiger partial charge in [0.05, 0.1) is 12.1 Å². The molecule has 0 bridgehead atoms. The van der Waals surface area contributed by atoms with Crippen LogP contribution in [0, 0.1) is 0 Å². The van der Waals surface area contributed by atoms with E-state index < -0.39 is 5.91 Å². The summed E-state index contributed by atoms with van der Waals surface area (Å²) < 4.78 is 5.23. The summed E-state index contributed by atoms with van der Waals surface area (Å²) in [5, 5.41) is 8.56. The first kappa shape index (κ1) is 16.5. The number of ether oxygens (including phenoxy) is 1. The molecule has 22 heavy (non-hydrogen) atoms. The third-order valence-corrected chi connectivity index (χ3v) is 4.25. The van der Waals surface area contributed by atoms with Gasteiger partial charge in [0.15, 0.2) is 0 Å². The number of amides is 2. The van der Waals surface area contributed by atoms with Crippen molar-refractivity contribution in [3.8, 4) is 0 Å². The summed E-state index contributed by atoms with van der Waals surface area (Å²) in [5.74, 6) is -0.525. The number of nitrogens with zero attached hydrogens (tertiary/aromatic N) is 1. The maximum atomic E-state index is 12.8. The van der Waals surface area contributed by atoms with E-state index in [0.717, 1.165) is 18.4 Å². The fraction of sp³-hybridized carbons (Fsp3) is 0.500. The highest BCUT2D eigenvalue weighted by Gasteiger charge is 2.48. The standard InChI is InChI=1S/C16H22N2O4/c1-18(16(9-10-16)11-22-2)15(20)13-6-4-3-5-12(13)7-8-14(19)17-21/h3-6,21H,7-11H2,1-2H3,(H,17,19). The van der Waals surface area contributed by atoms with Crippen molar-refractivity contribution < 1.29 is 19.5 Å². The van der Waals surface area contributed by atoms with Crippen LogP contribution in [0.15, 0.2) is 24.3 Å².